The molecule has 0 aliphatic heterocycles. The molecule has 0 fully saturated rings. The van der Waals surface area contributed by atoms with Gasteiger partial charge in [-0.15, -0.1) is 0 Å². The van der Waals surface area contributed by atoms with E-state index in [4.69, 9.17) is 10.5 Å². The summed E-state index contributed by atoms with van der Waals surface area (Å²) >= 11 is 0. The van der Waals surface area contributed by atoms with Gasteiger partial charge in [-0.05, 0) is 24.3 Å². The van der Waals surface area contributed by atoms with E-state index >= 15 is 0 Å². The highest BCUT2D eigenvalue weighted by atomic mass is 16.5. The standard InChI is InChI=1S/C15H23NO2/c1-3-7-12(2)11-18-15(17)14(16)10-13-8-5-4-6-9-13/h4-6,8-9,12,14H,3,7,10-11,16H2,1-2H3. The van der Waals surface area contributed by atoms with Crippen LogP contribution in [0.2, 0.25) is 0 Å². The molecule has 0 bridgehead atoms. The molecule has 1 aromatic carbocycles. The predicted molar refractivity (Wildman–Crippen MR) is 73.2 cm³/mol. The van der Waals surface area contributed by atoms with Crippen molar-refractivity contribution in [2.75, 3.05) is 6.61 Å². The van der Waals surface area contributed by atoms with Crippen LogP contribution in [0.5, 0.6) is 0 Å². The number of rotatable bonds is 7. The molecule has 0 saturated carbocycles. The summed E-state index contributed by atoms with van der Waals surface area (Å²) in [6, 6.07) is 9.19. The van der Waals surface area contributed by atoms with Gasteiger partial charge in [-0.3, -0.25) is 4.79 Å². The van der Waals surface area contributed by atoms with E-state index in [1.54, 1.807) is 0 Å². The van der Waals surface area contributed by atoms with Crippen LogP contribution in [0, 0.1) is 5.92 Å². The fourth-order valence-corrected chi connectivity index (χ4v) is 1.86. The molecule has 1 aromatic rings. The maximum Gasteiger partial charge on any atom is 0.323 e. The average Bonchev–Trinajstić information content (AvgIpc) is 2.37. The van der Waals surface area contributed by atoms with Crippen LogP contribution in [-0.2, 0) is 16.0 Å². The summed E-state index contributed by atoms with van der Waals surface area (Å²) < 4.78 is 5.23. The van der Waals surface area contributed by atoms with Gasteiger partial charge in [0.05, 0.1) is 6.61 Å². The quantitative estimate of drug-likeness (QED) is 0.755. The summed E-state index contributed by atoms with van der Waals surface area (Å²) in [5.74, 6) is 0.102. The first-order valence-electron chi connectivity index (χ1n) is 6.59. The highest BCUT2D eigenvalue weighted by Crippen LogP contribution is 2.07. The lowest BCUT2D eigenvalue weighted by atomic mass is 10.1. The Morgan fingerprint density at radius 2 is 2.00 bits per heavy atom. The summed E-state index contributed by atoms with van der Waals surface area (Å²) in [4.78, 5) is 11.7. The van der Waals surface area contributed by atoms with Gasteiger partial charge < -0.3 is 10.5 Å². The fraction of sp³-hybridized carbons (Fsp3) is 0.533. The molecule has 0 amide bonds. The lowest BCUT2D eigenvalue weighted by molar-refractivity contribution is -0.146. The molecule has 1 rings (SSSR count). The van der Waals surface area contributed by atoms with E-state index in [0.29, 0.717) is 18.9 Å². The molecular formula is C15H23NO2. The van der Waals surface area contributed by atoms with Gasteiger partial charge in [-0.1, -0.05) is 50.6 Å². The zero-order valence-electron chi connectivity index (χ0n) is 11.3. The summed E-state index contributed by atoms with van der Waals surface area (Å²) in [5.41, 5.74) is 6.89. The minimum absolute atomic E-state index is 0.304. The zero-order chi connectivity index (χ0) is 13.4. The minimum Gasteiger partial charge on any atom is -0.464 e. The van der Waals surface area contributed by atoms with Crippen LogP contribution < -0.4 is 5.73 Å². The third-order valence-corrected chi connectivity index (χ3v) is 2.89. The molecule has 2 atom stereocenters. The van der Waals surface area contributed by atoms with Crippen molar-refractivity contribution in [3.05, 3.63) is 35.9 Å². The topological polar surface area (TPSA) is 52.3 Å². The van der Waals surface area contributed by atoms with E-state index in [-0.39, 0.29) is 5.97 Å². The van der Waals surface area contributed by atoms with E-state index in [2.05, 4.69) is 13.8 Å². The maximum absolute atomic E-state index is 11.7. The van der Waals surface area contributed by atoms with E-state index in [1.165, 1.54) is 0 Å². The number of hydrogen-bond acceptors (Lipinski definition) is 3. The van der Waals surface area contributed by atoms with Gasteiger partial charge in [0, 0.05) is 0 Å². The number of hydrogen-bond donors (Lipinski definition) is 1. The Morgan fingerprint density at radius 1 is 1.33 bits per heavy atom. The van der Waals surface area contributed by atoms with Crippen LogP contribution in [-0.4, -0.2) is 18.6 Å². The van der Waals surface area contributed by atoms with Gasteiger partial charge in [-0.2, -0.15) is 0 Å². The highest BCUT2D eigenvalue weighted by molar-refractivity contribution is 5.75. The lowest BCUT2D eigenvalue weighted by Gasteiger charge is -2.14. The Labute approximate surface area is 109 Å². The molecule has 18 heavy (non-hydrogen) atoms. The van der Waals surface area contributed by atoms with E-state index < -0.39 is 6.04 Å². The van der Waals surface area contributed by atoms with Crippen LogP contribution in [0.4, 0.5) is 0 Å². The molecule has 0 aromatic heterocycles. The van der Waals surface area contributed by atoms with Crippen LogP contribution in [0.15, 0.2) is 30.3 Å². The van der Waals surface area contributed by atoms with Gasteiger partial charge in [0.15, 0.2) is 0 Å². The number of nitrogens with two attached hydrogens (primary N) is 1. The van der Waals surface area contributed by atoms with E-state index in [9.17, 15) is 4.79 Å². The first kappa shape index (κ1) is 14.7. The molecule has 0 saturated heterocycles. The summed E-state index contributed by atoms with van der Waals surface area (Å²) in [5, 5.41) is 0. The van der Waals surface area contributed by atoms with Gasteiger partial charge in [-0.25, -0.2) is 0 Å². The lowest BCUT2D eigenvalue weighted by Crippen LogP contribution is -2.35. The molecule has 0 aliphatic rings. The van der Waals surface area contributed by atoms with Crippen molar-refractivity contribution in [3.63, 3.8) is 0 Å². The maximum atomic E-state index is 11.7. The Kier molecular flexibility index (Phi) is 6.44. The van der Waals surface area contributed by atoms with Gasteiger partial charge in [0.1, 0.15) is 6.04 Å². The second-order valence-corrected chi connectivity index (χ2v) is 4.82. The SMILES string of the molecule is CCCC(C)COC(=O)C(N)Cc1ccccc1. The van der Waals surface area contributed by atoms with Gasteiger partial charge in [0.25, 0.3) is 0 Å². The molecule has 100 valence electrons. The van der Waals surface area contributed by atoms with Crippen LogP contribution in [0.3, 0.4) is 0 Å². The van der Waals surface area contributed by atoms with Crippen molar-refractivity contribution in [3.8, 4) is 0 Å². The molecule has 0 aliphatic carbocycles. The van der Waals surface area contributed by atoms with Gasteiger partial charge in [0.2, 0.25) is 0 Å². The third kappa shape index (κ3) is 5.32. The number of ether oxygens (including phenoxy) is 1. The Balaban J connectivity index is 2.33. The van der Waals surface area contributed by atoms with Crippen molar-refractivity contribution >= 4 is 5.97 Å². The molecule has 3 nitrogen and oxygen atoms in total. The highest BCUT2D eigenvalue weighted by Gasteiger charge is 2.16. The van der Waals surface area contributed by atoms with E-state index in [0.717, 1.165) is 18.4 Å². The van der Waals surface area contributed by atoms with Crippen LogP contribution >= 0.6 is 0 Å². The molecule has 2 unspecified atom stereocenters. The second kappa shape index (κ2) is 7.88. The molecule has 2 N–H and O–H groups in total. The number of esters is 1. The normalized spacial score (nSPS) is 13.9. The molecule has 3 heteroatoms. The Morgan fingerprint density at radius 3 is 2.61 bits per heavy atom. The molecular weight excluding hydrogens is 226 g/mol. The predicted octanol–water partition coefficient (Wildman–Crippen LogP) is 2.54. The third-order valence-electron chi connectivity index (χ3n) is 2.89. The smallest absolute Gasteiger partial charge is 0.323 e. The van der Waals surface area contributed by atoms with E-state index in [1.807, 2.05) is 30.3 Å². The number of carbonyl (C=O) groups is 1. The van der Waals surface area contributed by atoms with Gasteiger partial charge >= 0.3 is 5.97 Å². The fourth-order valence-electron chi connectivity index (χ4n) is 1.86. The van der Waals surface area contributed by atoms with Crippen molar-refractivity contribution in [1.29, 1.82) is 0 Å². The van der Waals surface area contributed by atoms with Crippen LogP contribution in [0.25, 0.3) is 0 Å². The van der Waals surface area contributed by atoms with Crippen molar-refractivity contribution < 1.29 is 9.53 Å². The second-order valence-electron chi connectivity index (χ2n) is 4.82. The van der Waals surface area contributed by atoms with Crippen molar-refractivity contribution in [2.24, 2.45) is 11.7 Å². The molecule has 0 spiro atoms. The largest absolute Gasteiger partial charge is 0.464 e. The monoisotopic (exact) mass is 249 g/mol. The summed E-state index contributed by atoms with van der Waals surface area (Å²) in [6.45, 7) is 4.67. The number of benzene rings is 1. The first-order valence-corrected chi connectivity index (χ1v) is 6.59. The summed E-state index contributed by atoms with van der Waals surface area (Å²) in [6.07, 6.45) is 2.71. The zero-order valence-corrected chi connectivity index (χ0v) is 11.3. The van der Waals surface area contributed by atoms with Crippen molar-refractivity contribution in [1.82, 2.24) is 0 Å². The summed E-state index contributed by atoms with van der Waals surface area (Å²) in [7, 11) is 0. The van der Waals surface area contributed by atoms with Crippen molar-refractivity contribution in [2.45, 2.75) is 39.2 Å². The molecule has 0 heterocycles. The Hall–Kier alpha value is -1.35. The van der Waals surface area contributed by atoms with Crippen LogP contribution in [0.1, 0.15) is 32.3 Å². The number of carbonyl (C=O) groups excluding carboxylic acids is 1. The Bertz CT molecular complexity index is 351. The average molecular weight is 249 g/mol. The minimum atomic E-state index is -0.568. The first-order chi connectivity index (χ1) is 8.63. The molecule has 0 radical (unpaired) electrons.